The maximum atomic E-state index is 13.0. The number of carbonyl (C=O) groups excluding carboxylic acids is 1. The summed E-state index contributed by atoms with van der Waals surface area (Å²) < 4.78 is 2.17. The lowest BCUT2D eigenvalue weighted by atomic mass is 9.91. The molecule has 5 rings (SSSR count). The lowest BCUT2D eigenvalue weighted by Gasteiger charge is -2.42. The number of hydrogen-bond donors (Lipinski definition) is 1. The summed E-state index contributed by atoms with van der Waals surface area (Å²) in [5.41, 5.74) is 3.72. The Morgan fingerprint density at radius 2 is 1.94 bits per heavy atom. The van der Waals surface area contributed by atoms with Crippen molar-refractivity contribution in [2.45, 2.75) is 44.8 Å². The molecule has 0 saturated carbocycles. The molecule has 4 heterocycles. The molecule has 0 spiro atoms. The summed E-state index contributed by atoms with van der Waals surface area (Å²) in [6.07, 6.45) is 5.98. The number of benzene rings is 1. The maximum Gasteiger partial charge on any atom is 0.222 e. The number of rotatable bonds is 7. The van der Waals surface area contributed by atoms with Crippen LogP contribution in [0.15, 0.2) is 54.9 Å². The maximum absolute atomic E-state index is 13.0. The summed E-state index contributed by atoms with van der Waals surface area (Å²) in [5, 5.41) is 11.5. The lowest BCUT2D eigenvalue weighted by molar-refractivity contribution is -0.133. The number of anilines is 1. The monoisotopic (exact) mass is 472 g/mol. The highest BCUT2D eigenvalue weighted by molar-refractivity contribution is 5.87. The van der Waals surface area contributed by atoms with E-state index >= 15 is 0 Å². The zero-order chi connectivity index (χ0) is 24.4. The Bertz CT molecular complexity index is 1350. The van der Waals surface area contributed by atoms with Crippen LogP contribution in [0.25, 0.3) is 22.1 Å². The van der Waals surface area contributed by atoms with Gasteiger partial charge in [-0.2, -0.15) is 0 Å². The van der Waals surface area contributed by atoms with Gasteiger partial charge in [-0.25, -0.2) is 4.98 Å². The number of likely N-dealkylation sites (N-methyl/N-ethyl adjacent to an activating group) is 1. The molecule has 1 saturated heterocycles. The number of aliphatic hydroxyl groups is 1. The Labute approximate surface area is 205 Å². The normalized spacial score (nSPS) is 18.3. The van der Waals surface area contributed by atoms with E-state index in [2.05, 4.69) is 32.4 Å². The predicted octanol–water partition coefficient (Wildman–Crippen LogP) is 3.42. The first-order valence-corrected chi connectivity index (χ1v) is 12.3. The Balaban J connectivity index is 1.25. The van der Waals surface area contributed by atoms with Crippen LogP contribution in [0.4, 0.5) is 5.69 Å². The molecule has 1 amide bonds. The van der Waals surface area contributed by atoms with Gasteiger partial charge in [-0.15, -0.1) is 0 Å². The number of imidazole rings is 1. The third kappa shape index (κ3) is 4.71. The number of aryl methyl sites for hydroxylation is 2. The van der Waals surface area contributed by atoms with Crippen molar-refractivity contribution in [3.63, 3.8) is 0 Å². The number of piperidine rings is 1. The zero-order valence-electron chi connectivity index (χ0n) is 20.4. The first-order valence-electron chi connectivity index (χ1n) is 12.3. The molecule has 1 N–H and O–H groups in total. The number of nitrogens with zero attached hydrogens (tertiary/aromatic N) is 6. The van der Waals surface area contributed by atoms with E-state index in [1.54, 1.807) is 24.3 Å². The molecule has 1 fully saturated rings. The van der Waals surface area contributed by atoms with Gasteiger partial charge in [0, 0.05) is 51.9 Å². The standard InChI is InChI=1S/C27H32N6O2/c1-3-33-22-10-5-4-8-20(22)30-24(33)11-12-25(34)31(2)18-27(35)14-7-17-32(19-27)23-13-16-28-21-9-6-15-29-26(21)23/h4-6,8-10,13,15-16,35H,3,7,11-12,14,17-19H2,1-2H3/t27-/m1/s1. The molecule has 8 heteroatoms. The van der Waals surface area contributed by atoms with Crippen molar-refractivity contribution >= 4 is 33.7 Å². The Morgan fingerprint density at radius 1 is 1.11 bits per heavy atom. The Kier molecular flexibility index (Phi) is 6.38. The number of para-hydroxylation sites is 2. The Morgan fingerprint density at radius 3 is 2.80 bits per heavy atom. The second kappa shape index (κ2) is 9.62. The first-order chi connectivity index (χ1) is 17.0. The number of fused-ring (bicyclic) bond motifs is 2. The minimum atomic E-state index is -0.983. The average Bonchev–Trinajstić information content (AvgIpc) is 3.24. The number of carbonyl (C=O) groups is 1. The van der Waals surface area contributed by atoms with Crippen LogP contribution >= 0.6 is 0 Å². The fourth-order valence-electron chi connectivity index (χ4n) is 5.28. The van der Waals surface area contributed by atoms with Crippen molar-refractivity contribution in [2.24, 2.45) is 0 Å². The second-order valence-electron chi connectivity index (χ2n) is 9.46. The van der Waals surface area contributed by atoms with Crippen molar-refractivity contribution < 1.29 is 9.90 Å². The Hall–Kier alpha value is -3.52. The van der Waals surface area contributed by atoms with Gasteiger partial charge in [-0.3, -0.25) is 14.8 Å². The SMILES string of the molecule is CCn1c(CCC(=O)N(C)C[C@]2(O)CCCN(c3ccnc4cccnc34)C2)nc2ccccc21. The van der Waals surface area contributed by atoms with Gasteiger partial charge in [0.2, 0.25) is 5.91 Å². The van der Waals surface area contributed by atoms with Crippen LogP contribution in [-0.2, 0) is 17.8 Å². The predicted molar refractivity (Wildman–Crippen MR) is 137 cm³/mol. The molecule has 1 aromatic carbocycles. The molecule has 0 aliphatic carbocycles. The van der Waals surface area contributed by atoms with Gasteiger partial charge in [-0.05, 0) is 50.1 Å². The molecule has 0 unspecified atom stereocenters. The van der Waals surface area contributed by atoms with Crippen molar-refractivity contribution in [3.8, 4) is 0 Å². The molecule has 1 aliphatic rings. The first kappa shape index (κ1) is 23.2. The highest BCUT2D eigenvalue weighted by Crippen LogP contribution is 2.30. The highest BCUT2D eigenvalue weighted by atomic mass is 16.3. The van der Waals surface area contributed by atoms with Crippen molar-refractivity contribution in [3.05, 3.63) is 60.7 Å². The van der Waals surface area contributed by atoms with Crippen LogP contribution in [0.3, 0.4) is 0 Å². The molecule has 3 aromatic heterocycles. The van der Waals surface area contributed by atoms with Gasteiger partial charge in [0.1, 0.15) is 11.3 Å². The lowest BCUT2D eigenvalue weighted by Crippen LogP contribution is -2.54. The van der Waals surface area contributed by atoms with E-state index in [0.717, 1.165) is 53.1 Å². The third-order valence-electron chi connectivity index (χ3n) is 6.94. The van der Waals surface area contributed by atoms with Crippen molar-refractivity contribution in [2.75, 3.05) is 31.6 Å². The summed E-state index contributed by atoms with van der Waals surface area (Å²) >= 11 is 0. The van der Waals surface area contributed by atoms with E-state index < -0.39 is 5.60 Å². The van der Waals surface area contributed by atoms with E-state index in [1.165, 1.54) is 0 Å². The molecule has 35 heavy (non-hydrogen) atoms. The molecule has 1 aliphatic heterocycles. The van der Waals surface area contributed by atoms with E-state index in [1.807, 2.05) is 36.4 Å². The number of hydrogen-bond acceptors (Lipinski definition) is 6. The van der Waals surface area contributed by atoms with Gasteiger partial charge in [0.05, 0.1) is 34.4 Å². The molecular weight excluding hydrogens is 440 g/mol. The number of amides is 1. The number of pyridine rings is 2. The fraction of sp³-hybridized carbons (Fsp3) is 0.407. The molecule has 0 bridgehead atoms. The van der Waals surface area contributed by atoms with Crippen LogP contribution in [0.2, 0.25) is 0 Å². The van der Waals surface area contributed by atoms with Gasteiger partial charge in [0.25, 0.3) is 0 Å². The van der Waals surface area contributed by atoms with E-state index in [-0.39, 0.29) is 5.91 Å². The van der Waals surface area contributed by atoms with Gasteiger partial charge >= 0.3 is 0 Å². The van der Waals surface area contributed by atoms with Crippen LogP contribution in [-0.4, -0.2) is 67.7 Å². The van der Waals surface area contributed by atoms with Crippen LogP contribution in [0, 0.1) is 0 Å². The van der Waals surface area contributed by atoms with Crippen LogP contribution < -0.4 is 4.90 Å². The van der Waals surface area contributed by atoms with Crippen molar-refractivity contribution in [1.82, 2.24) is 24.4 Å². The van der Waals surface area contributed by atoms with Gasteiger partial charge in [-0.1, -0.05) is 12.1 Å². The summed E-state index contributed by atoms with van der Waals surface area (Å²) in [4.78, 5) is 30.5. The third-order valence-corrected chi connectivity index (χ3v) is 6.94. The van der Waals surface area contributed by atoms with Crippen LogP contribution in [0.1, 0.15) is 32.0 Å². The van der Waals surface area contributed by atoms with Gasteiger partial charge in [0.15, 0.2) is 0 Å². The summed E-state index contributed by atoms with van der Waals surface area (Å²) in [7, 11) is 1.78. The summed E-state index contributed by atoms with van der Waals surface area (Å²) in [6, 6.07) is 13.8. The summed E-state index contributed by atoms with van der Waals surface area (Å²) in [5.74, 6) is 0.941. The molecular formula is C27H32N6O2. The number of β-amino-alcohol motifs (C(OH)–C–C–N with tert-alkyl or cyclic N) is 1. The minimum Gasteiger partial charge on any atom is -0.386 e. The molecule has 182 valence electrons. The van der Waals surface area contributed by atoms with Crippen LogP contribution in [0.5, 0.6) is 0 Å². The largest absolute Gasteiger partial charge is 0.386 e. The van der Waals surface area contributed by atoms with Gasteiger partial charge < -0.3 is 19.5 Å². The average molecular weight is 473 g/mol. The zero-order valence-corrected chi connectivity index (χ0v) is 20.4. The molecule has 0 radical (unpaired) electrons. The molecule has 4 aromatic rings. The smallest absolute Gasteiger partial charge is 0.222 e. The highest BCUT2D eigenvalue weighted by Gasteiger charge is 2.36. The van der Waals surface area contributed by atoms with Crippen molar-refractivity contribution in [1.29, 1.82) is 0 Å². The van der Waals surface area contributed by atoms with E-state index in [0.29, 0.717) is 32.4 Å². The number of aromatic nitrogens is 4. The van der Waals surface area contributed by atoms with E-state index in [9.17, 15) is 9.90 Å². The summed E-state index contributed by atoms with van der Waals surface area (Å²) in [6.45, 7) is 4.49. The fourth-order valence-corrected chi connectivity index (χ4v) is 5.28. The topological polar surface area (TPSA) is 87.4 Å². The second-order valence-corrected chi connectivity index (χ2v) is 9.46. The quantitative estimate of drug-likeness (QED) is 0.444. The molecule has 1 atom stereocenters. The molecule has 8 nitrogen and oxygen atoms in total. The van der Waals surface area contributed by atoms with E-state index in [4.69, 9.17) is 4.98 Å². The minimum absolute atomic E-state index is 0.0151.